The SMILES string of the molecule is CC(C)CCCCCCC(=O)O.OCCO. The van der Waals surface area contributed by atoms with Gasteiger partial charge in [0.1, 0.15) is 0 Å². The molecule has 0 aromatic carbocycles. The summed E-state index contributed by atoms with van der Waals surface area (Å²) < 4.78 is 0. The van der Waals surface area contributed by atoms with E-state index in [1.807, 2.05) is 0 Å². The molecule has 0 atom stereocenters. The maximum atomic E-state index is 10.1. The summed E-state index contributed by atoms with van der Waals surface area (Å²) in [6.07, 6.45) is 5.95. The standard InChI is InChI=1S/C10H20O2.C2H6O2/c1-9(2)7-5-3-4-6-8-10(11)12;3-1-2-4/h9H,3-8H2,1-2H3,(H,11,12);3-4H,1-2H2. The second kappa shape index (κ2) is 14.4. The fourth-order valence-corrected chi connectivity index (χ4v) is 1.18. The quantitative estimate of drug-likeness (QED) is 0.562. The Morgan fingerprint density at radius 2 is 1.50 bits per heavy atom. The minimum atomic E-state index is -0.668. The van der Waals surface area contributed by atoms with Crippen LogP contribution in [0.3, 0.4) is 0 Å². The van der Waals surface area contributed by atoms with E-state index < -0.39 is 5.97 Å². The third-order valence-corrected chi connectivity index (χ3v) is 2.02. The highest BCUT2D eigenvalue weighted by atomic mass is 16.4. The van der Waals surface area contributed by atoms with Crippen LogP contribution >= 0.6 is 0 Å². The first kappa shape index (κ1) is 17.8. The van der Waals surface area contributed by atoms with Crippen molar-refractivity contribution in [3.05, 3.63) is 0 Å². The van der Waals surface area contributed by atoms with Crippen LogP contribution in [-0.2, 0) is 4.79 Å². The molecule has 4 heteroatoms. The molecule has 0 bridgehead atoms. The molecule has 0 spiro atoms. The molecular formula is C12H26O4. The monoisotopic (exact) mass is 234 g/mol. The van der Waals surface area contributed by atoms with Gasteiger partial charge in [-0.25, -0.2) is 0 Å². The lowest BCUT2D eigenvalue weighted by Crippen LogP contribution is -1.94. The summed E-state index contributed by atoms with van der Waals surface area (Å²) in [5, 5.41) is 23.6. The number of unbranched alkanes of at least 4 members (excludes halogenated alkanes) is 3. The molecule has 0 aliphatic rings. The van der Waals surface area contributed by atoms with Crippen molar-refractivity contribution in [2.75, 3.05) is 13.2 Å². The lowest BCUT2D eigenvalue weighted by Gasteiger charge is -2.02. The number of hydrogen-bond acceptors (Lipinski definition) is 3. The van der Waals surface area contributed by atoms with Crippen LogP contribution < -0.4 is 0 Å². The molecule has 0 aromatic heterocycles. The van der Waals surface area contributed by atoms with E-state index in [0.29, 0.717) is 6.42 Å². The van der Waals surface area contributed by atoms with Crippen LogP contribution in [0, 0.1) is 5.92 Å². The lowest BCUT2D eigenvalue weighted by atomic mass is 10.0. The first-order valence-electron chi connectivity index (χ1n) is 5.98. The van der Waals surface area contributed by atoms with E-state index >= 15 is 0 Å². The van der Waals surface area contributed by atoms with Gasteiger partial charge < -0.3 is 15.3 Å². The Labute approximate surface area is 98.3 Å². The Hall–Kier alpha value is -0.610. The highest BCUT2D eigenvalue weighted by Gasteiger charge is 1.97. The van der Waals surface area contributed by atoms with Crippen LogP contribution in [0.15, 0.2) is 0 Å². The van der Waals surface area contributed by atoms with E-state index in [9.17, 15) is 4.79 Å². The molecule has 0 unspecified atom stereocenters. The highest BCUT2D eigenvalue weighted by molar-refractivity contribution is 5.66. The largest absolute Gasteiger partial charge is 0.481 e. The van der Waals surface area contributed by atoms with Gasteiger partial charge in [-0.05, 0) is 12.3 Å². The third kappa shape index (κ3) is 23.3. The molecule has 98 valence electrons. The van der Waals surface area contributed by atoms with Crippen molar-refractivity contribution < 1.29 is 20.1 Å². The van der Waals surface area contributed by atoms with Crippen LogP contribution in [0.1, 0.15) is 52.4 Å². The second-order valence-electron chi connectivity index (χ2n) is 4.19. The van der Waals surface area contributed by atoms with Crippen molar-refractivity contribution in [1.82, 2.24) is 0 Å². The number of carboxylic acid groups (broad SMARTS) is 1. The molecule has 0 saturated carbocycles. The third-order valence-electron chi connectivity index (χ3n) is 2.02. The molecular weight excluding hydrogens is 208 g/mol. The van der Waals surface area contributed by atoms with Gasteiger partial charge in [0.15, 0.2) is 0 Å². The fourth-order valence-electron chi connectivity index (χ4n) is 1.18. The molecule has 0 fully saturated rings. The Bertz CT molecular complexity index is 144. The highest BCUT2D eigenvalue weighted by Crippen LogP contribution is 2.10. The second-order valence-corrected chi connectivity index (χ2v) is 4.19. The van der Waals surface area contributed by atoms with E-state index in [2.05, 4.69) is 13.8 Å². The van der Waals surface area contributed by atoms with Crippen LogP contribution in [0.4, 0.5) is 0 Å². The van der Waals surface area contributed by atoms with Crippen molar-refractivity contribution in [2.24, 2.45) is 5.92 Å². The van der Waals surface area contributed by atoms with Gasteiger partial charge in [-0.3, -0.25) is 4.79 Å². The summed E-state index contributed by atoms with van der Waals surface area (Å²) in [6.45, 7) is 4.19. The zero-order valence-electron chi connectivity index (χ0n) is 10.5. The van der Waals surface area contributed by atoms with Crippen LogP contribution in [0.25, 0.3) is 0 Å². The Kier molecular flexibility index (Phi) is 16.0. The Balaban J connectivity index is 0. The number of aliphatic carboxylic acids is 1. The molecule has 0 amide bonds. The van der Waals surface area contributed by atoms with E-state index in [0.717, 1.165) is 18.8 Å². The van der Waals surface area contributed by atoms with Gasteiger partial charge in [-0.15, -0.1) is 0 Å². The summed E-state index contributed by atoms with van der Waals surface area (Å²) >= 11 is 0. The van der Waals surface area contributed by atoms with Gasteiger partial charge in [-0.2, -0.15) is 0 Å². The number of aliphatic hydroxyl groups excluding tert-OH is 2. The maximum Gasteiger partial charge on any atom is 0.303 e. The average molecular weight is 234 g/mol. The summed E-state index contributed by atoms with van der Waals surface area (Å²) in [5.41, 5.74) is 0. The van der Waals surface area contributed by atoms with Crippen molar-refractivity contribution in [2.45, 2.75) is 52.4 Å². The molecule has 0 rings (SSSR count). The molecule has 16 heavy (non-hydrogen) atoms. The topological polar surface area (TPSA) is 77.8 Å². The van der Waals surface area contributed by atoms with E-state index in [1.165, 1.54) is 19.3 Å². The summed E-state index contributed by atoms with van der Waals surface area (Å²) in [7, 11) is 0. The number of rotatable bonds is 8. The summed E-state index contributed by atoms with van der Waals surface area (Å²) in [6, 6.07) is 0. The maximum absolute atomic E-state index is 10.1. The van der Waals surface area contributed by atoms with E-state index in [4.69, 9.17) is 15.3 Å². The zero-order chi connectivity index (χ0) is 12.8. The van der Waals surface area contributed by atoms with E-state index in [-0.39, 0.29) is 13.2 Å². The molecule has 0 saturated heterocycles. The first-order chi connectivity index (χ1) is 7.54. The molecule has 0 aromatic rings. The molecule has 4 nitrogen and oxygen atoms in total. The average Bonchev–Trinajstić information content (AvgIpc) is 2.23. The number of carboxylic acids is 1. The summed E-state index contributed by atoms with van der Waals surface area (Å²) in [5.74, 6) is 0.114. The Morgan fingerprint density at radius 1 is 1.00 bits per heavy atom. The van der Waals surface area contributed by atoms with Crippen molar-refractivity contribution in [3.63, 3.8) is 0 Å². The molecule has 0 aliphatic heterocycles. The smallest absolute Gasteiger partial charge is 0.303 e. The van der Waals surface area contributed by atoms with Crippen LogP contribution in [0.2, 0.25) is 0 Å². The minimum absolute atomic E-state index is 0.125. The Morgan fingerprint density at radius 3 is 1.88 bits per heavy atom. The number of hydrogen-bond donors (Lipinski definition) is 3. The lowest BCUT2D eigenvalue weighted by molar-refractivity contribution is -0.137. The van der Waals surface area contributed by atoms with Crippen molar-refractivity contribution >= 4 is 5.97 Å². The van der Waals surface area contributed by atoms with Gasteiger partial charge in [0.2, 0.25) is 0 Å². The van der Waals surface area contributed by atoms with E-state index in [1.54, 1.807) is 0 Å². The van der Waals surface area contributed by atoms with Crippen molar-refractivity contribution in [1.29, 1.82) is 0 Å². The van der Waals surface area contributed by atoms with Gasteiger partial charge in [0.25, 0.3) is 0 Å². The summed E-state index contributed by atoms with van der Waals surface area (Å²) in [4.78, 5) is 10.1. The normalized spacial score (nSPS) is 9.81. The molecule has 0 heterocycles. The zero-order valence-corrected chi connectivity index (χ0v) is 10.5. The fraction of sp³-hybridized carbons (Fsp3) is 0.917. The van der Waals surface area contributed by atoms with Gasteiger partial charge in [0.05, 0.1) is 13.2 Å². The molecule has 3 N–H and O–H groups in total. The van der Waals surface area contributed by atoms with Gasteiger partial charge >= 0.3 is 5.97 Å². The van der Waals surface area contributed by atoms with Gasteiger partial charge in [-0.1, -0.05) is 39.5 Å². The number of aliphatic hydroxyl groups is 2. The molecule has 0 aliphatic carbocycles. The van der Waals surface area contributed by atoms with Gasteiger partial charge in [0, 0.05) is 6.42 Å². The predicted octanol–water partition coefficient (Wildman–Crippen LogP) is 2.04. The minimum Gasteiger partial charge on any atom is -0.481 e. The van der Waals surface area contributed by atoms with Crippen LogP contribution in [-0.4, -0.2) is 34.5 Å². The molecule has 0 radical (unpaired) electrons. The van der Waals surface area contributed by atoms with Crippen molar-refractivity contribution in [3.8, 4) is 0 Å². The first-order valence-corrected chi connectivity index (χ1v) is 5.98. The predicted molar refractivity (Wildman–Crippen MR) is 64.3 cm³/mol. The van der Waals surface area contributed by atoms with Crippen LogP contribution in [0.5, 0.6) is 0 Å². The number of carbonyl (C=O) groups is 1.